The highest BCUT2D eigenvalue weighted by atomic mass is 16.1. The predicted octanol–water partition coefficient (Wildman–Crippen LogP) is 5.85. The summed E-state index contributed by atoms with van der Waals surface area (Å²) in [5.74, 6) is 0.211. The summed E-state index contributed by atoms with van der Waals surface area (Å²) in [5.41, 5.74) is 4.03. The van der Waals surface area contributed by atoms with Gasteiger partial charge in [-0.15, -0.1) is 0 Å². The van der Waals surface area contributed by atoms with E-state index in [4.69, 9.17) is 0 Å². The molecule has 1 rings (SSSR count). The van der Waals surface area contributed by atoms with Crippen LogP contribution in [0.15, 0.2) is 18.2 Å². The summed E-state index contributed by atoms with van der Waals surface area (Å²) < 4.78 is 0. The van der Waals surface area contributed by atoms with E-state index in [9.17, 15) is 4.79 Å². The molecule has 0 saturated heterocycles. The largest absolute Gasteiger partial charge is 0.294 e. The highest BCUT2D eigenvalue weighted by Gasteiger charge is 2.18. The third-order valence-electron chi connectivity index (χ3n) is 3.88. The summed E-state index contributed by atoms with van der Waals surface area (Å²) in [6, 6.07) is 6.37. The van der Waals surface area contributed by atoms with Gasteiger partial charge < -0.3 is 0 Å². The van der Waals surface area contributed by atoms with Gasteiger partial charge in [0.15, 0.2) is 5.78 Å². The van der Waals surface area contributed by atoms with Crippen LogP contribution in [0.1, 0.15) is 82.8 Å². The van der Waals surface area contributed by atoms with Gasteiger partial charge in [0.1, 0.15) is 0 Å². The number of Topliss-reactive ketones (excluding diaryl/α,β-unsaturated/α-hetero) is 1. The monoisotopic (exact) mass is 288 g/mol. The summed E-state index contributed by atoms with van der Waals surface area (Å²) in [5, 5.41) is 0. The van der Waals surface area contributed by atoms with Crippen molar-refractivity contribution in [2.24, 2.45) is 10.8 Å². The van der Waals surface area contributed by atoms with E-state index in [1.807, 2.05) is 0 Å². The minimum atomic E-state index is 0.211. The van der Waals surface area contributed by atoms with Gasteiger partial charge in [-0.25, -0.2) is 0 Å². The summed E-state index contributed by atoms with van der Waals surface area (Å²) in [7, 11) is 0. The average molecular weight is 288 g/mol. The highest BCUT2D eigenvalue weighted by molar-refractivity contribution is 5.97. The van der Waals surface area contributed by atoms with Crippen LogP contribution in [-0.4, -0.2) is 5.78 Å². The Hall–Kier alpha value is -1.11. The molecule has 1 nitrogen and oxygen atoms in total. The molecule has 0 saturated carbocycles. The Morgan fingerprint density at radius 1 is 0.857 bits per heavy atom. The zero-order valence-electron chi connectivity index (χ0n) is 15.0. The molecule has 1 aromatic carbocycles. The third-order valence-corrected chi connectivity index (χ3v) is 3.88. The molecular weight excluding hydrogens is 256 g/mol. The lowest BCUT2D eigenvalue weighted by Crippen LogP contribution is -2.12. The Bertz CT molecular complexity index is 447. The maximum Gasteiger partial charge on any atom is 0.160 e. The van der Waals surface area contributed by atoms with Gasteiger partial charge in [-0.05, 0) is 54.6 Å². The lowest BCUT2D eigenvalue weighted by atomic mass is 9.83. The lowest BCUT2D eigenvalue weighted by Gasteiger charge is -2.21. The molecule has 0 heterocycles. The Labute approximate surface area is 131 Å². The minimum Gasteiger partial charge on any atom is -0.294 e. The van der Waals surface area contributed by atoms with Crippen molar-refractivity contribution >= 4 is 5.78 Å². The van der Waals surface area contributed by atoms with Gasteiger partial charge in [0.25, 0.3) is 0 Å². The van der Waals surface area contributed by atoms with Gasteiger partial charge in [-0.3, -0.25) is 4.79 Å². The van der Waals surface area contributed by atoms with Crippen molar-refractivity contribution in [3.8, 4) is 0 Å². The first-order chi connectivity index (χ1) is 9.49. The molecule has 0 N–H and O–H groups in total. The number of aryl methyl sites for hydroxylation is 2. The SMILES string of the molecule is CC(=O)c1c(CCC(C)(C)C)cccc1CCC(C)(C)C. The van der Waals surface area contributed by atoms with Crippen LogP contribution in [0.4, 0.5) is 0 Å². The normalized spacial score (nSPS) is 12.5. The van der Waals surface area contributed by atoms with E-state index in [0.717, 1.165) is 31.2 Å². The molecule has 0 aliphatic rings. The van der Waals surface area contributed by atoms with Gasteiger partial charge in [0, 0.05) is 5.56 Å². The first-order valence-electron chi connectivity index (χ1n) is 8.11. The van der Waals surface area contributed by atoms with E-state index in [1.165, 1.54) is 11.1 Å². The molecule has 0 atom stereocenters. The Morgan fingerprint density at radius 3 is 1.52 bits per heavy atom. The molecule has 1 heteroatoms. The van der Waals surface area contributed by atoms with Crippen molar-refractivity contribution in [3.05, 3.63) is 34.9 Å². The van der Waals surface area contributed by atoms with Crippen LogP contribution in [0.3, 0.4) is 0 Å². The van der Waals surface area contributed by atoms with Gasteiger partial charge in [0.2, 0.25) is 0 Å². The third kappa shape index (κ3) is 6.46. The van der Waals surface area contributed by atoms with E-state index in [-0.39, 0.29) is 5.78 Å². The fourth-order valence-corrected chi connectivity index (χ4v) is 2.54. The fraction of sp³-hybridized carbons (Fsp3) is 0.650. The molecule has 1 aromatic rings. The van der Waals surface area contributed by atoms with Crippen molar-refractivity contribution in [2.75, 3.05) is 0 Å². The molecule has 0 aliphatic carbocycles. The molecule has 21 heavy (non-hydrogen) atoms. The highest BCUT2D eigenvalue weighted by Crippen LogP contribution is 2.27. The smallest absolute Gasteiger partial charge is 0.160 e. The Morgan fingerprint density at radius 2 is 1.24 bits per heavy atom. The van der Waals surface area contributed by atoms with E-state index >= 15 is 0 Å². The maximum absolute atomic E-state index is 12.1. The van der Waals surface area contributed by atoms with E-state index < -0.39 is 0 Å². The van der Waals surface area contributed by atoms with Crippen molar-refractivity contribution < 1.29 is 4.79 Å². The van der Waals surface area contributed by atoms with E-state index in [2.05, 4.69) is 59.7 Å². The first-order valence-corrected chi connectivity index (χ1v) is 8.11. The van der Waals surface area contributed by atoms with Crippen LogP contribution >= 0.6 is 0 Å². The standard InChI is InChI=1S/C20H32O/c1-15(21)18-16(11-13-19(2,3)4)9-8-10-17(18)12-14-20(5,6)7/h8-10H,11-14H2,1-7H3. The topological polar surface area (TPSA) is 17.1 Å². The van der Waals surface area contributed by atoms with Crippen LogP contribution in [0, 0.1) is 10.8 Å². The number of carbonyl (C=O) groups excluding carboxylic acids is 1. The van der Waals surface area contributed by atoms with Gasteiger partial charge in [-0.2, -0.15) is 0 Å². The summed E-state index contributed by atoms with van der Waals surface area (Å²) >= 11 is 0. The van der Waals surface area contributed by atoms with Crippen LogP contribution in [0.5, 0.6) is 0 Å². The first kappa shape index (κ1) is 17.9. The van der Waals surface area contributed by atoms with Crippen LogP contribution in [0.25, 0.3) is 0 Å². The molecule has 0 fully saturated rings. The fourth-order valence-electron chi connectivity index (χ4n) is 2.54. The van der Waals surface area contributed by atoms with Gasteiger partial charge in [-0.1, -0.05) is 59.7 Å². The second-order valence-corrected chi connectivity index (χ2v) is 8.63. The number of carbonyl (C=O) groups is 1. The lowest BCUT2D eigenvalue weighted by molar-refractivity contribution is 0.101. The minimum absolute atomic E-state index is 0.211. The number of ketones is 1. The average Bonchev–Trinajstić information content (AvgIpc) is 2.31. The predicted molar refractivity (Wildman–Crippen MR) is 92.0 cm³/mol. The second kappa shape index (κ2) is 6.77. The molecule has 0 aliphatic heterocycles. The van der Waals surface area contributed by atoms with Crippen molar-refractivity contribution in [1.82, 2.24) is 0 Å². The van der Waals surface area contributed by atoms with Crippen LogP contribution in [0.2, 0.25) is 0 Å². The van der Waals surface area contributed by atoms with Gasteiger partial charge >= 0.3 is 0 Å². The molecule has 0 aromatic heterocycles. The number of hydrogen-bond donors (Lipinski definition) is 0. The summed E-state index contributed by atoms with van der Waals surface area (Å²) in [6.45, 7) is 15.2. The Balaban J connectivity index is 3.01. The second-order valence-electron chi connectivity index (χ2n) is 8.63. The van der Waals surface area contributed by atoms with Crippen LogP contribution in [-0.2, 0) is 12.8 Å². The quantitative estimate of drug-likeness (QED) is 0.621. The molecule has 0 unspecified atom stereocenters. The molecule has 118 valence electrons. The number of benzene rings is 1. The molecule has 0 bridgehead atoms. The van der Waals surface area contributed by atoms with Crippen LogP contribution < -0.4 is 0 Å². The molecule has 0 spiro atoms. The number of rotatable bonds is 5. The molecule has 0 radical (unpaired) electrons. The maximum atomic E-state index is 12.1. The van der Waals surface area contributed by atoms with Crippen molar-refractivity contribution in [2.45, 2.75) is 74.1 Å². The van der Waals surface area contributed by atoms with Crippen molar-refractivity contribution in [3.63, 3.8) is 0 Å². The summed E-state index contributed by atoms with van der Waals surface area (Å²) in [6.07, 6.45) is 4.19. The molecular formula is C20H32O. The molecule has 0 amide bonds. The summed E-state index contributed by atoms with van der Waals surface area (Å²) in [4.78, 5) is 12.1. The number of hydrogen-bond acceptors (Lipinski definition) is 1. The zero-order valence-corrected chi connectivity index (χ0v) is 15.0. The zero-order chi connectivity index (χ0) is 16.3. The van der Waals surface area contributed by atoms with Gasteiger partial charge in [0.05, 0.1) is 0 Å². The van der Waals surface area contributed by atoms with E-state index in [0.29, 0.717) is 10.8 Å². The van der Waals surface area contributed by atoms with E-state index in [1.54, 1.807) is 6.92 Å². The van der Waals surface area contributed by atoms with Crippen molar-refractivity contribution in [1.29, 1.82) is 0 Å². The Kier molecular flexibility index (Phi) is 5.78.